The maximum atomic E-state index is 12.5. The van der Waals surface area contributed by atoms with Crippen LogP contribution in [0.2, 0.25) is 0 Å². The Labute approximate surface area is 119 Å². The molecule has 2 rings (SSSR count). The van der Waals surface area contributed by atoms with Crippen LogP contribution >= 0.6 is 0 Å². The molecule has 3 unspecified atom stereocenters. The fourth-order valence-corrected chi connectivity index (χ4v) is 4.01. The zero-order chi connectivity index (χ0) is 13.7. The smallest absolute Gasteiger partial charge is 0.0897 e. The van der Waals surface area contributed by atoms with Gasteiger partial charge in [-0.05, 0) is 45.1 Å². The van der Waals surface area contributed by atoms with E-state index >= 15 is 0 Å². The van der Waals surface area contributed by atoms with E-state index in [2.05, 4.69) is 11.8 Å². The molecule has 0 aromatic carbocycles. The lowest BCUT2D eigenvalue weighted by Crippen LogP contribution is -2.52. The van der Waals surface area contributed by atoms with Gasteiger partial charge in [0.2, 0.25) is 0 Å². The van der Waals surface area contributed by atoms with Crippen LogP contribution in [-0.4, -0.2) is 48.3 Å². The van der Waals surface area contributed by atoms with Crippen molar-refractivity contribution in [3.8, 4) is 0 Å². The van der Waals surface area contributed by atoms with E-state index < -0.39 is 0 Å². The van der Waals surface area contributed by atoms with Crippen molar-refractivity contribution in [3.05, 3.63) is 5.21 Å². The van der Waals surface area contributed by atoms with Gasteiger partial charge in [0.25, 0.3) is 0 Å². The third-order valence-electron chi connectivity index (χ3n) is 5.28. The number of piperidine rings is 2. The molecule has 0 spiro atoms. The van der Waals surface area contributed by atoms with Gasteiger partial charge in [-0.2, -0.15) is 0 Å². The predicted molar refractivity (Wildman–Crippen MR) is 80.8 cm³/mol. The van der Waals surface area contributed by atoms with Crippen LogP contribution in [0.1, 0.15) is 64.7 Å². The van der Waals surface area contributed by atoms with E-state index in [1.54, 1.807) is 0 Å². The van der Waals surface area contributed by atoms with E-state index in [1.165, 1.54) is 45.1 Å². The SMILES string of the molecule is CCCC1CCCCN1CCC1CCCC[N+]1(C)[O-]. The first kappa shape index (κ1) is 15.3. The summed E-state index contributed by atoms with van der Waals surface area (Å²) < 4.78 is 0.0201. The molecule has 0 bridgehead atoms. The van der Waals surface area contributed by atoms with Crippen LogP contribution < -0.4 is 0 Å². The molecule has 0 saturated carbocycles. The lowest BCUT2D eigenvalue weighted by Gasteiger charge is -2.49. The third kappa shape index (κ3) is 4.17. The summed E-state index contributed by atoms with van der Waals surface area (Å²) in [6, 6.07) is 1.16. The van der Waals surface area contributed by atoms with Crippen LogP contribution in [0.3, 0.4) is 0 Å². The Morgan fingerprint density at radius 2 is 1.89 bits per heavy atom. The van der Waals surface area contributed by atoms with Gasteiger partial charge in [-0.1, -0.05) is 19.8 Å². The Hall–Kier alpha value is -0.120. The van der Waals surface area contributed by atoms with E-state index in [4.69, 9.17) is 0 Å². The van der Waals surface area contributed by atoms with Crippen molar-refractivity contribution in [2.45, 2.75) is 76.8 Å². The topological polar surface area (TPSA) is 26.3 Å². The molecule has 0 aromatic rings. The van der Waals surface area contributed by atoms with Crippen molar-refractivity contribution in [3.63, 3.8) is 0 Å². The fourth-order valence-electron chi connectivity index (χ4n) is 4.01. The van der Waals surface area contributed by atoms with Crippen molar-refractivity contribution >= 4 is 0 Å². The molecule has 2 fully saturated rings. The normalized spacial score (nSPS) is 37.4. The van der Waals surface area contributed by atoms with E-state index in [1.807, 2.05) is 7.05 Å². The number of quaternary nitrogens is 1. The molecule has 2 saturated heterocycles. The summed E-state index contributed by atoms with van der Waals surface area (Å²) in [6.07, 6.45) is 11.4. The Kier molecular flexibility index (Phi) is 5.67. The van der Waals surface area contributed by atoms with Gasteiger partial charge in [0.15, 0.2) is 0 Å². The Morgan fingerprint density at radius 1 is 1.11 bits per heavy atom. The number of hydrogen-bond donors (Lipinski definition) is 0. The minimum absolute atomic E-state index is 0.0201. The molecular formula is C16H32N2O. The van der Waals surface area contributed by atoms with Crippen molar-refractivity contribution in [2.75, 3.05) is 26.7 Å². The summed E-state index contributed by atoms with van der Waals surface area (Å²) >= 11 is 0. The largest absolute Gasteiger partial charge is 0.633 e. The molecule has 0 aromatic heterocycles. The van der Waals surface area contributed by atoms with Crippen molar-refractivity contribution in [1.29, 1.82) is 0 Å². The van der Waals surface area contributed by atoms with E-state index in [0.29, 0.717) is 6.04 Å². The van der Waals surface area contributed by atoms with Crippen molar-refractivity contribution in [2.24, 2.45) is 0 Å². The van der Waals surface area contributed by atoms with Crippen LogP contribution in [0.15, 0.2) is 0 Å². The molecular weight excluding hydrogens is 236 g/mol. The standard InChI is InChI=1S/C16H32N2O/c1-3-8-15-9-4-6-12-17(15)13-11-16-10-5-7-14-18(16,2)19/h15-16H,3-14H2,1-2H3. The fraction of sp³-hybridized carbons (Fsp3) is 1.00. The van der Waals surface area contributed by atoms with Gasteiger partial charge in [-0.3, -0.25) is 0 Å². The molecule has 112 valence electrons. The van der Waals surface area contributed by atoms with Gasteiger partial charge in [0, 0.05) is 19.0 Å². The minimum atomic E-state index is 0.0201. The number of hydrogen-bond acceptors (Lipinski definition) is 2. The van der Waals surface area contributed by atoms with Gasteiger partial charge < -0.3 is 14.8 Å². The Balaban J connectivity index is 1.82. The summed E-state index contributed by atoms with van der Waals surface area (Å²) in [6.45, 7) is 5.55. The third-order valence-corrected chi connectivity index (χ3v) is 5.28. The summed E-state index contributed by atoms with van der Waals surface area (Å²) in [5.41, 5.74) is 0. The first-order chi connectivity index (χ1) is 9.13. The first-order valence-corrected chi connectivity index (χ1v) is 8.43. The second-order valence-corrected chi connectivity index (χ2v) is 6.81. The zero-order valence-corrected chi connectivity index (χ0v) is 12.9. The summed E-state index contributed by atoms with van der Waals surface area (Å²) in [7, 11) is 1.89. The van der Waals surface area contributed by atoms with Crippen LogP contribution in [0.5, 0.6) is 0 Å². The number of rotatable bonds is 5. The molecule has 19 heavy (non-hydrogen) atoms. The molecule has 2 aliphatic rings. The van der Waals surface area contributed by atoms with E-state index in [-0.39, 0.29) is 4.65 Å². The maximum Gasteiger partial charge on any atom is 0.0897 e. The number of hydroxylamine groups is 3. The molecule has 3 atom stereocenters. The van der Waals surface area contributed by atoms with Crippen LogP contribution in [0.25, 0.3) is 0 Å². The summed E-state index contributed by atoms with van der Waals surface area (Å²) in [5.74, 6) is 0. The average molecular weight is 268 g/mol. The molecule has 0 aliphatic carbocycles. The molecule has 3 nitrogen and oxygen atoms in total. The van der Waals surface area contributed by atoms with Crippen LogP contribution in [0.4, 0.5) is 0 Å². The highest BCUT2D eigenvalue weighted by Gasteiger charge is 2.30. The number of likely N-dealkylation sites (tertiary alicyclic amines) is 2. The van der Waals surface area contributed by atoms with E-state index in [9.17, 15) is 5.21 Å². The molecule has 0 N–H and O–H groups in total. The monoisotopic (exact) mass is 268 g/mol. The van der Waals surface area contributed by atoms with Crippen LogP contribution in [-0.2, 0) is 0 Å². The van der Waals surface area contributed by atoms with Gasteiger partial charge >= 0.3 is 0 Å². The van der Waals surface area contributed by atoms with Gasteiger partial charge in [-0.15, -0.1) is 0 Å². The quantitative estimate of drug-likeness (QED) is 0.563. The highest BCUT2D eigenvalue weighted by Crippen LogP contribution is 2.27. The second kappa shape index (κ2) is 7.05. The lowest BCUT2D eigenvalue weighted by atomic mass is 9.95. The lowest BCUT2D eigenvalue weighted by molar-refractivity contribution is -0.892. The second-order valence-electron chi connectivity index (χ2n) is 6.81. The Morgan fingerprint density at radius 3 is 2.63 bits per heavy atom. The number of nitrogens with zero attached hydrogens (tertiary/aromatic N) is 2. The Bertz CT molecular complexity index is 265. The minimum Gasteiger partial charge on any atom is -0.633 e. The highest BCUT2D eigenvalue weighted by molar-refractivity contribution is 4.78. The molecule has 2 aliphatic heterocycles. The molecule has 0 amide bonds. The maximum absolute atomic E-state index is 12.5. The highest BCUT2D eigenvalue weighted by atomic mass is 16.5. The first-order valence-electron chi connectivity index (χ1n) is 8.43. The molecule has 0 radical (unpaired) electrons. The van der Waals surface area contributed by atoms with Gasteiger partial charge in [0.1, 0.15) is 0 Å². The van der Waals surface area contributed by atoms with Crippen molar-refractivity contribution < 1.29 is 4.65 Å². The van der Waals surface area contributed by atoms with Crippen LogP contribution in [0, 0.1) is 5.21 Å². The summed E-state index contributed by atoms with van der Waals surface area (Å²) in [4.78, 5) is 2.68. The van der Waals surface area contributed by atoms with E-state index in [0.717, 1.165) is 38.4 Å². The average Bonchev–Trinajstić information content (AvgIpc) is 2.39. The van der Waals surface area contributed by atoms with Gasteiger partial charge in [0.05, 0.1) is 19.6 Å². The predicted octanol–water partition coefficient (Wildman–Crippen LogP) is 3.53. The molecule has 3 heteroatoms. The van der Waals surface area contributed by atoms with Gasteiger partial charge in [-0.25, -0.2) is 0 Å². The summed E-state index contributed by atoms with van der Waals surface area (Å²) in [5, 5.41) is 12.5. The molecule has 2 heterocycles. The zero-order valence-electron chi connectivity index (χ0n) is 12.9. The van der Waals surface area contributed by atoms with Crippen molar-refractivity contribution in [1.82, 2.24) is 4.90 Å².